The highest BCUT2D eigenvalue weighted by Gasteiger charge is 2.56. The van der Waals surface area contributed by atoms with E-state index in [0.717, 1.165) is 36.3 Å². The van der Waals surface area contributed by atoms with Crippen molar-refractivity contribution >= 4 is 58.5 Å². The molecule has 2 aromatic heterocycles. The van der Waals surface area contributed by atoms with E-state index in [2.05, 4.69) is 36.1 Å². The van der Waals surface area contributed by atoms with Crippen molar-refractivity contribution in [2.45, 2.75) is 82.8 Å². The van der Waals surface area contributed by atoms with Gasteiger partial charge in [0.2, 0.25) is 17.7 Å². The predicted molar refractivity (Wildman–Crippen MR) is 195 cm³/mol. The maximum Gasteiger partial charge on any atom is 0.276 e. The molecule has 16 nitrogen and oxygen atoms in total. The molecule has 5 fully saturated rings. The summed E-state index contributed by atoms with van der Waals surface area (Å²) in [5.41, 5.74) is 1.97. The molecule has 3 saturated carbocycles. The number of nitrogens with zero attached hydrogens (tertiary/aromatic N) is 5. The third-order valence-electron chi connectivity index (χ3n) is 13.2. The molecule has 1 aromatic carbocycles. The first-order chi connectivity index (χ1) is 26.4. The lowest BCUT2D eigenvalue weighted by Gasteiger charge is -2.59. The molecule has 3 spiro atoms. The van der Waals surface area contributed by atoms with Gasteiger partial charge in [0.05, 0.1) is 11.1 Å². The molecular weight excluding hydrogens is 706 g/mol. The summed E-state index contributed by atoms with van der Waals surface area (Å²) in [4.78, 5) is 102. The zero-order valence-corrected chi connectivity index (χ0v) is 30.2. The van der Waals surface area contributed by atoms with Gasteiger partial charge in [0.1, 0.15) is 41.0 Å². The van der Waals surface area contributed by atoms with Crippen molar-refractivity contribution < 1.29 is 28.8 Å². The number of amides is 6. The highest BCUT2D eigenvalue weighted by molar-refractivity contribution is 6.23. The monoisotopic (exact) mass is 745 g/mol. The minimum absolute atomic E-state index is 0.0448. The average molecular weight is 746 g/mol. The molecule has 1 unspecified atom stereocenters. The van der Waals surface area contributed by atoms with Crippen LogP contribution in [0, 0.1) is 23.7 Å². The number of imide groups is 2. The molecule has 2 saturated heterocycles. The molecule has 10 rings (SSSR count). The Morgan fingerprint density at radius 2 is 1.56 bits per heavy atom. The van der Waals surface area contributed by atoms with E-state index in [1.54, 1.807) is 34.9 Å². The van der Waals surface area contributed by atoms with Crippen LogP contribution in [-0.2, 0) is 20.0 Å². The molecule has 3 aromatic rings. The summed E-state index contributed by atoms with van der Waals surface area (Å²) >= 11 is 0. The fourth-order valence-electron chi connectivity index (χ4n) is 9.96. The SMILES string of the molecule is Cc1cc(Nc2cc(NC(=O)C3CC4(C3)CN(c3ccc5c(c3)C(=O)N(C3CCC(=O)NC3=O)C5=O)C4)ncn2)c(=O)n2c1C(=O)NC21CCC2(CC2)CC1. The molecule has 4 N–H and O–H groups in total. The fraction of sp³-hybridized carbons (Fsp3) is 0.462. The third kappa shape index (κ3) is 5.20. The molecule has 0 radical (unpaired) electrons. The molecular formula is C39H39N9O7. The molecule has 1 atom stereocenters. The van der Waals surface area contributed by atoms with Crippen molar-refractivity contribution in [3.8, 4) is 0 Å². The van der Waals surface area contributed by atoms with E-state index in [9.17, 15) is 33.6 Å². The summed E-state index contributed by atoms with van der Waals surface area (Å²) in [6, 6.07) is 7.33. The summed E-state index contributed by atoms with van der Waals surface area (Å²) in [6.07, 6.45) is 8.69. The van der Waals surface area contributed by atoms with Gasteiger partial charge in [-0.15, -0.1) is 0 Å². The van der Waals surface area contributed by atoms with Crippen molar-refractivity contribution in [1.82, 2.24) is 30.1 Å². The maximum atomic E-state index is 13.9. The molecule has 3 aliphatic carbocycles. The number of fused-ring (bicyclic) bond motifs is 3. The minimum atomic E-state index is -1.02. The van der Waals surface area contributed by atoms with Crippen LogP contribution in [0.4, 0.5) is 23.0 Å². The second-order valence-electron chi connectivity index (χ2n) is 16.8. The van der Waals surface area contributed by atoms with Gasteiger partial charge >= 0.3 is 0 Å². The lowest BCUT2D eigenvalue weighted by molar-refractivity contribution is -0.136. The van der Waals surface area contributed by atoms with E-state index in [1.807, 2.05) is 6.92 Å². The second kappa shape index (κ2) is 11.5. The van der Waals surface area contributed by atoms with Crippen LogP contribution in [-0.4, -0.2) is 74.0 Å². The van der Waals surface area contributed by atoms with Crippen LogP contribution >= 0.6 is 0 Å². The first-order valence-corrected chi connectivity index (χ1v) is 19.0. The van der Waals surface area contributed by atoms with Crippen molar-refractivity contribution in [2.75, 3.05) is 28.6 Å². The van der Waals surface area contributed by atoms with Crippen molar-refractivity contribution in [3.63, 3.8) is 0 Å². The zero-order chi connectivity index (χ0) is 38.0. The van der Waals surface area contributed by atoms with E-state index >= 15 is 0 Å². The number of hydrogen-bond acceptors (Lipinski definition) is 11. The quantitative estimate of drug-likeness (QED) is 0.270. The van der Waals surface area contributed by atoms with Gasteiger partial charge in [-0.05, 0) is 100.0 Å². The summed E-state index contributed by atoms with van der Waals surface area (Å²) in [7, 11) is 0. The fourth-order valence-corrected chi connectivity index (χ4v) is 9.96. The van der Waals surface area contributed by atoms with E-state index < -0.39 is 35.3 Å². The van der Waals surface area contributed by atoms with Gasteiger partial charge in [0.25, 0.3) is 23.3 Å². The van der Waals surface area contributed by atoms with Gasteiger partial charge in [0.15, 0.2) is 0 Å². The second-order valence-corrected chi connectivity index (χ2v) is 16.8. The normalized spacial score (nSPS) is 23.9. The van der Waals surface area contributed by atoms with Crippen LogP contribution in [0.3, 0.4) is 0 Å². The number of carbonyl (C=O) groups is 6. The average Bonchev–Trinajstić information content (AvgIpc) is 3.75. The Hall–Kier alpha value is -5.93. The largest absolute Gasteiger partial charge is 0.370 e. The van der Waals surface area contributed by atoms with E-state index in [-0.39, 0.29) is 52.7 Å². The molecule has 4 aliphatic heterocycles. The number of piperidine rings is 1. The first kappa shape index (κ1) is 33.6. The summed E-state index contributed by atoms with van der Waals surface area (Å²) < 4.78 is 1.66. The summed E-state index contributed by atoms with van der Waals surface area (Å²) in [5, 5.41) is 11.4. The Bertz CT molecular complexity index is 2340. The van der Waals surface area contributed by atoms with Crippen LogP contribution in [0.1, 0.15) is 101 Å². The molecule has 6 heterocycles. The Morgan fingerprint density at radius 1 is 0.855 bits per heavy atom. The topological polar surface area (TPSA) is 205 Å². The van der Waals surface area contributed by atoms with Crippen LogP contribution in [0.2, 0.25) is 0 Å². The van der Waals surface area contributed by atoms with Crippen LogP contribution in [0.15, 0.2) is 41.5 Å². The van der Waals surface area contributed by atoms with Gasteiger partial charge in [0, 0.05) is 42.6 Å². The predicted octanol–water partition coefficient (Wildman–Crippen LogP) is 2.70. The van der Waals surface area contributed by atoms with Crippen LogP contribution in [0.5, 0.6) is 0 Å². The molecule has 0 bridgehead atoms. The lowest BCUT2D eigenvalue weighted by atomic mass is 9.57. The van der Waals surface area contributed by atoms with Crippen molar-refractivity contribution in [2.24, 2.45) is 16.7 Å². The van der Waals surface area contributed by atoms with Crippen LogP contribution in [0.25, 0.3) is 0 Å². The van der Waals surface area contributed by atoms with Crippen LogP contribution < -0.4 is 31.7 Å². The molecule has 7 aliphatic rings. The minimum Gasteiger partial charge on any atom is -0.370 e. The molecule has 16 heteroatoms. The highest BCUT2D eigenvalue weighted by atomic mass is 16.2. The number of hydrogen-bond donors (Lipinski definition) is 4. The first-order valence-electron chi connectivity index (χ1n) is 19.0. The van der Waals surface area contributed by atoms with Crippen molar-refractivity contribution in [1.29, 1.82) is 0 Å². The number of aryl methyl sites for hydroxylation is 1. The number of nitrogens with one attached hydrogen (secondary N) is 4. The Labute approximate surface area is 314 Å². The Morgan fingerprint density at radius 3 is 2.29 bits per heavy atom. The Kier molecular flexibility index (Phi) is 7.05. The number of pyridine rings is 1. The van der Waals surface area contributed by atoms with Gasteiger partial charge in [-0.2, -0.15) is 0 Å². The molecule has 6 amide bonds. The summed E-state index contributed by atoms with van der Waals surface area (Å²) in [5.74, 6) is -2.10. The number of anilines is 4. The van der Waals surface area contributed by atoms with E-state index in [0.29, 0.717) is 59.9 Å². The van der Waals surface area contributed by atoms with Gasteiger partial charge < -0.3 is 20.9 Å². The highest BCUT2D eigenvalue weighted by Crippen LogP contribution is 2.59. The number of benzene rings is 1. The zero-order valence-electron chi connectivity index (χ0n) is 30.2. The number of rotatable bonds is 6. The van der Waals surface area contributed by atoms with Crippen molar-refractivity contribution in [3.05, 3.63) is 69.4 Å². The smallest absolute Gasteiger partial charge is 0.276 e. The van der Waals surface area contributed by atoms with E-state index in [1.165, 1.54) is 19.2 Å². The van der Waals surface area contributed by atoms with Gasteiger partial charge in [-0.1, -0.05) is 0 Å². The van der Waals surface area contributed by atoms with Gasteiger partial charge in [-0.3, -0.25) is 48.3 Å². The van der Waals surface area contributed by atoms with Gasteiger partial charge in [-0.25, -0.2) is 9.97 Å². The summed E-state index contributed by atoms with van der Waals surface area (Å²) in [6.45, 7) is 3.21. The Balaban J connectivity index is 0.767. The maximum absolute atomic E-state index is 13.9. The number of aromatic nitrogens is 3. The third-order valence-corrected chi connectivity index (χ3v) is 13.2. The van der Waals surface area contributed by atoms with E-state index in [4.69, 9.17) is 0 Å². The molecule has 282 valence electrons. The standard InChI is InChI=1S/C39H39N9O7/c1-20-12-25(36(55)48-30(20)33(52)45-39(48)10-8-37(6-7-37)9-11-39)42-27-14-28(41-19-40-27)43-31(50)21-15-38(16-21)17-46(18-38)22-2-3-23-24(13-22)35(54)47(34(23)53)26-4-5-29(49)44-32(26)51/h2-3,12-14,19,21,26H,4-11,15-18H2,1H3,(H,45,52)(H,44,49,51)(H2,40,41,42,43,50). The lowest BCUT2D eigenvalue weighted by Crippen LogP contribution is -2.63. The molecule has 55 heavy (non-hydrogen) atoms. The number of carbonyl (C=O) groups excluding carboxylic acids is 6.